The maximum Gasteiger partial charge on any atom is 1.00 e. The van der Waals surface area contributed by atoms with Gasteiger partial charge in [-0.15, -0.1) is 0 Å². The maximum absolute atomic E-state index is 13.6. The van der Waals surface area contributed by atoms with E-state index < -0.39 is 41.3 Å². The van der Waals surface area contributed by atoms with Crippen molar-refractivity contribution in [2.24, 2.45) is 0 Å². The minimum absolute atomic E-state index is 0. The van der Waals surface area contributed by atoms with Crippen LogP contribution in [0.5, 0.6) is 0 Å². The number of aromatic nitrogens is 6. The molecule has 8 N–H and O–H groups in total. The van der Waals surface area contributed by atoms with E-state index in [1.54, 1.807) is 41.5 Å². The standard InChI is InChI=1S/C40H48N10O13.2CH4.ClH.Li.H2O/c1-39(2,3)62-37(54)42-13-9-7-11-21(41)30-46-24(16-56-30)33-48-25(18-59-33)32-45-23(15-57-32)29(51)44-22(12-8-10-14-43-38(55)63-40(4,5)6)31-47-26(17-58-31)34-49-27(19-60-34)35-50-28(20-61-35)36(52)53;;;;;/h15-22H,7-14,41H2,1-6H3,(H,42,54)(H,43,55)(H,44,51)(H,52,53);2*1H4;1H;;1H2/q;;;;+1;/p-1. The van der Waals surface area contributed by atoms with Crippen LogP contribution in [0.1, 0.15) is 140 Å². The van der Waals surface area contributed by atoms with Crippen LogP contribution in [0.3, 0.4) is 0 Å². The zero-order chi connectivity index (χ0) is 45.3. The van der Waals surface area contributed by atoms with Crippen LogP contribution in [-0.2, 0) is 9.47 Å². The minimum Gasteiger partial charge on any atom is -1.00 e. The number of carboxylic acids is 1. The summed E-state index contributed by atoms with van der Waals surface area (Å²) in [5.41, 5.74) is 3.36. The second-order valence-corrected chi connectivity index (χ2v) is 16.2. The van der Waals surface area contributed by atoms with Crippen LogP contribution >= 0.6 is 0 Å². The first-order valence-electron chi connectivity index (χ1n) is 20.0. The molecule has 0 aliphatic heterocycles. The molecule has 26 heteroatoms. The van der Waals surface area contributed by atoms with Crippen molar-refractivity contribution in [2.75, 3.05) is 13.1 Å². The summed E-state index contributed by atoms with van der Waals surface area (Å²) in [5, 5.41) is 17.5. The summed E-state index contributed by atoms with van der Waals surface area (Å²) >= 11 is 0. The second-order valence-electron chi connectivity index (χ2n) is 16.2. The van der Waals surface area contributed by atoms with E-state index in [0.29, 0.717) is 56.8 Å². The van der Waals surface area contributed by atoms with Crippen molar-refractivity contribution < 1.29 is 103 Å². The SMILES string of the molecule is C.C.CC(C)(C)OC(=O)NCCCCC([NH3+])c1nc(-c2nc(-c3nc(C(=O)NC(CCCCNC(=O)OC(C)(C)C)c4nc(-c5nc(-c6nc(C(=O)O)co6)co5)co4)co3)co2)co1.[Cl-].[Li+].[OH-]. The number of ether oxygens (including phenoxy) is 2. The molecular weight excluding hydrogens is 911 g/mol. The van der Waals surface area contributed by atoms with Crippen LogP contribution in [0.25, 0.3) is 46.3 Å². The van der Waals surface area contributed by atoms with Crippen molar-refractivity contribution in [3.05, 3.63) is 60.7 Å². The van der Waals surface area contributed by atoms with Gasteiger partial charge in [0.1, 0.15) is 54.8 Å². The van der Waals surface area contributed by atoms with E-state index in [1.807, 2.05) is 0 Å². The summed E-state index contributed by atoms with van der Waals surface area (Å²) in [6.07, 6.45) is 9.82. The number of amides is 3. The molecule has 6 rings (SSSR count). The smallest absolute Gasteiger partial charge is 1.00 e. The Kier molecular flexibility index (Phi) is 22.9. The third-order valence-corrected chi connectivity index (χ3v) is 8.58. The molecule has 0 fully saturated rings. The zero-order valence-corrected chi connectivity index (χ0v) is 38.1. The van der Waals surface area contributed by atoms with Gasteiger partial charge in [-0.2, -0.15) is 0 Å². The number of aromatic carboxylic acids is 1. The molecule has 0 bridgehead atoms. The number of halogens is 1. The number of nitrogens with zero attached hydrogens (tertiary/aromatic N) is 6. The molecule has 6 aromatic rings. The first-order valence-corrected chi connectivity index (χ1v) is 20.0. The normalized spacial score (nSPS) is 11.8. The van der Waals surface area contributed by atoms with Crippen LogP contribution in [0.15, 0.2) is 64.1 Å². The predicted octanol–water partition coefficient (Wildman–Crippen LogP) is 1.23. The monoisotopic (exact) mass is 968 g/mol. The van der Waals surface area contributed by atoms with Crippen molar-refractivity contribution in [3.8, 4) is 46.3 Å². The van der Waals surface area contributed by atoms with Gasteiger partial charge in [-0.05, 0) is 73.6 Å². The molecule has 24 nitrogen and oxygen atoms in total. The van der Waals surface area contributed by atoms with E-state index in [2.05, 4.69) is 51.6 Å². The molecule has 0 aromatic carbocycles. The van der Waals surface area contributed by atoms with Gasteiger partial charge in [-0.3, -0.25) is 4.79 Å². The molecule has 0 saturated heterocycles. The van der Waals surface area contributed by atoms with Gasteiger partial charge in [0.15, 0.2) is 40.2 Å². The maximum atomic E-state index is 13.6. The van der Waals surface area contributed by atoms with Crippen molar-refractivity contribution in [3.63, 3.8) is 0 Å². The van der Waals surface area contributed by atoms with Gasteiger partial charge in [0.25, 0.3) is 11.8 Å². The van der Waals surface area contributed by atoms with E-state index in [0.717, 1.165) is 12.7 Å². The minimum atomic E-state index is -1.27. The summed E-state index contributed by atoms with van der Waals surface area (Å²) < 4.78 is 43.9. The Hall–Kier alpha value is -6.45. The average Bonchev–Trinajstić information content (AvgIpc) is 4.04. The Labute approximate surface area is 409 Å². The van der Waals surface area contributed by atoms with E-state index in [1.165, 1.54) is 31.3 Å². The van der Waals surface area contributed by atoms with Gasteiger partial charge in [0, 0.05) is 19.5 Å². The summed E-state index contributed by atoms with van der Waals surface area (Å²) in [6.45, 7) is 11.5. The van der Waals surface area contributed by atoms with Crippen molar-refractivity contribution in [2.45, 2.75) is 118 Å². The van der Waals surface area contributed by atoms with Gasteiger partial charge >= 0.3 is 37.0 Å². The molecule has 3 amide bonds. The molecule has 6 heterocycles. The van der Waals surface area contributed by atoms with Crippen molar-refractivity contribution in [1.29, 1.82) is 0 Å². The summed E-state index contributed by atoms with van der Waals surface area (Å²) in [4.78, 5) is 74.7. The van der Waals surface area contributed by atoms with E-state index in [9.17, 15) is 19.2 Å². The number of carboxylic acid groups (broad SMARTS) is 1. The largest absolute Gasteiger partial charge is 1.00 e. The zero-order valence-electron chi connectivity index (χ0n) is 37.3. The molecule has 2 unspecified atom stereocenters. The number of hydrogen-bond donors (Lipinski definition) is 5. The number of rotatable bonds is 19. The van der Waals surface area contributed by atoms with Crippen LogP contribution in [0.2, 0.25) is 0 Å². The molecule has 0 aliphatic rings. The van der Waals surface area contributed by atoms with Gasteiger partial charge < -0.3 is 80.7 Å². The molecule has 2 atom stereocenters. The van der Waals surface area contributed by atoms with Gasteiger partial charge in [-0.25, -0.2) is 44.3 Å². The number of carbonyl (C=O) groups is 4. The number of nitrogens with one attached hydrogen (secondary N) is 3. The Morgan fingerprint density at radius 3 is 1.49 bits per heavy atom. The molecule has 0 spiro atoms. The first kappa shape index (κ1) is 59.6. The molecular formula is C42H58ClLiN10O14. The number of alkyl carbamates (subject to hydrolysis) is 2. The fraction of sp³-hybridized carbons (Fsp3) is 0.476. The van der Waals surface area contributed by atoms with Gasteiger partial charge in [0.05, 0.1) is 0 Å². The fourth-order valence-corrected chi connectivity index (χ4v) is 5.70. The second kappa shape index (κ2) is 26.2. The van der Waals surface area contributed by atoms with Gasteiger partial charge in [-0.1, -0.05) is 14.9 Å². The Morgan fingerprint density at radius 1 is 0.603 bits per heavy atom. The van der Waals surface area contributed by atoms with Crippen LogP contribution < -0.4 is 53.0 Å². The molecule has 6 aromatic heterocycles. The van der Waals surface area contributed by atoms with Crippen molar-refractivity contribution in [1.82, 2.24) is 45.9 Å². The summed E-state index contributed by atoms with van der Waals surface area (Å²) in [7, 11) is 0. The molecule has 0 saturated carbocycles. The molecule has 368 valence electrons. The quantitative estimate of drug-likeness (QED) is 0.0563. The number of unbranched alkanes of at least 4 members (excludes halogenated alkanes) is 2. The number of oxazole rings is 6. The average molecular weight is 969 g/mol. The Balaban J connectivity index is 0.00000462. The van der Waals surface area contributed by atoms with Crippen molar-refractivity contribution >= 4 is 24.1 Å². The van der Waals surface area contributed by atoms with Crippen LogP contribution in [-0.4, -0.2) is 88.8 Å². The fourth-order valence-electron chi connectivity index (χ4n) is 5.70. The number of hydrogen-bond acceptors (Lipinski definition) is 19. The Bertz CT molecular complexity index is 2500. The van der Waals surface area contributed by atoms with E-state index in [-0.39, 0.29) is 116 Å². The first-order chi connectivity index (χ1) is 29.9. The molecule has 68 heavy (non-hydrogen) atoms. The summed E-state index contributed by atoms with van der Waals surface area (Å²) in [5.74, 6) is -1.32. The van der Waals surface area contributed by atoms with Gasteiger partial charge in [0.2, 0.25) is 29.5 Å². The third kappa shape index (κ3) is 17.0. The van der Waals surface area contributed by atoms with Crippen LogP contribution in [0.4, 0.5) is 9.59 Å². The topological polar surface area (TPSA) is 357 Å². The van der Waals surface area contributed by atoms with E-state index >= 15 is 0 Å². The van der Waals surface area contributed by atoms with E-state index in [4.69, 9.17) is 41.1 Å². The van der Waals surface area contributed by atoms with Crippen LogP contribution in [0, 0.1) is 0 Å². The number of quaternary nitrogens is 1. The Morgan fingerprint density at radius 2 is 1.00 bits per heavy atom. The number of carbonyl (C=O) groups excluding carboxylic acids is 3. The third-order valence-electron chi connectivity index (χ3n) is 8.58. The molecule has 0 aliphatic carbocycles. The summed E-state index contributed by atoms with van der Waals surface area (Å²) in [6, 6.07) is -1.06. The predicted molar refractivity (Wildman–Crippen MR) is 229 cm³/mol. The molecule has 0 radical (unpaired) electrons.